The van der Waals surface area contributed by atoms with E-state index < -0.39 is 0 Å². The lowest BCUT2D eigenvalue weighted by molar-refractivity contribution is 1.00. The van der Waals surface area contributed by atoms with Crippen LogP contribution in [0.4, 0.5) is 11.5 Å². The summed E-state index contributed by atoms with van der Waals surface area (Å²) in [4.78, 5) is 4.06. The Hall–Kier alpha value is -2.07. The van der Waals surface area contributed by atoms with Crippen LogP contribution < -0.4 is 16.6 Å². The van der Waals surface area contributed by atoms with Crippen LogP contribution in [0.25, 0.3) is 0 Å². The van der Waals surface area contributed by atoms with E-state index in [1.54, 1.807) is 6.20 Å². The third-order valence-electron chi connectivity index (χ3n) is 2.89. The number of nitrogens with zero attached hydrogens (tertiary/aromatic N) is 1. The molecule has 0 spiro atoms. The van der Waals surface area contributed by atoms with Crippen LogP contribution in [-0.4, -0.2) is 11.5 Å². The Morgan fingerprint density at radius 1 is 1.22 bits per heavy atom. The molecule has 0 saturated carbocycles. The number of anilines is 2. The molecule has 0 atom stereocenters. The summed E-state index contributed by atoms with van der Waals surface area (Å²) < 4.78 is 0. The minimum atomic E-state index is 0.663. The second-order valence-corrected chi connectivity index (χ2v) is 4.18. The second kappa shape index (κ2) is 6.02. The van der Waals surface area contributed by atoms with Crippen LogP contribution in [0.5, 0.6) is 0 Å². The zero-order valence-corrected chi connectivity index (χ0v) is 10.5. The number of benzene rings is 1. The van der Waals surface area contributed by atoms with Gasteiger partial charge in [0.25, 0.3) is 0 Å². The molecule has 0 aliphatic carbocycles. The van der Waals surface area contributed by atoms with Gasteiger partial charge in [0.05, 0.1) is 0 Å². The molecule has 18 heavy (non-hydrogen) atoms. The van der Waals surface area contributed by atoms with Crippen molar-refractivity contribution in [3.05, 3.63) is 53.7 Å². The van der Waals surface area contributed by atoms with Gasteiger partial charge in [-0.25, -0.2) is 10.8 Å². The van der Waals surface area contributed by atoms with Crippen LogP contribution >= 0.6 is 0 Å². The predicted molar refractivity (Wildman–Crippen MR) is 75.4 cm³/mol. The normalized spacial score (nSPS) is 10.1. The molecule has 1 heterocycles. The molecule has 0 fully saturated rings. The number of aryl methyl sites for hydroxylation is 1. The number of rotatable bonds is 5. The first-order valence-corrected chi connectivity index (χ1v) is 6.00. The molecule has 4 heteroatoms. The van der Waals surface area contributed by atoms with Crippen molar-refractivity contribution < 1.29 is 0 Å². The Balaban J connectivity index is 1.90. The van der Waals surface area contributed by atoms with Gasteiger partial charge in [0.2, 0.25) is 0 Å². The fourth-order valence-corrected chi connectivity index (χ4v) is 1.85. The Kier molecular flexibility index (Phi) is 4.15. The minimum Gasteiger partial charge on any atom is -0.385 e. The number of nitrogen functional groups attached to an aromatic ring is 1. The van der Waals surface area contributed by atoms with E-state index in [0.29, 0.717) is 5.82 Å². The van der Waals surface area contributed by atoms with E-state index in [9.17, 15) is 0 Å². The molecule has 0 bridgehead atoms. The summed E-state index contributed by atoms with van der Waals surface area (Å²) in [5.74, 6) is 5.98. The Morgan fingerprint density at radius 2 is 2.06 bits per heavy atom. The van der Waals surface area contributed by atoms with Crippen molar-refractivity contribution in [1.29, 1.82) is 0 Å². The SMILES string of the molecule is Cc1ccccc1CCNc1ccnc(NN)c1. The maximum atomic E-state index is 5.32. The maximum absolute atomic E-state index is 5.32. The van der Waals surface area contributed by atoms with Crippen molar-refractivity contribution in [3.8, 4) is 0 Å². The molecule has 4 nitrogen and oxygen atoms in total. The van der Waals surface area contributed by atoms with Gasteiger partial charge < -0.3 is 10.7 Å². The highest BCUT2D eigenvalue weighted by molar-refractivity contribution is 5.51. The van der Waals surface area contributed by atoms with Crippen LogP contribution in [0.3, 0.4) is 0 Å². The van der Waals surface area contributed by atoms with E-state index in [4.69, 9.17) is 5.84 Å². The molecular weight excluding hydrogens is 224 g/mol. The number of nitrogens with two attached hydrogens (primary N) is 1. The van der Waals surface area contributed by atoms with Gasteiger partial charge in [0.1, 0.15) is 5.82 Å². The first-order chi connectivity index (χ1) is 8.79. The number of nitrogens with one attached hydrogen (secondary N) is 2. The number of aromatic nitrogens is 1. The molecule has 0 aliphatic rings. The van der Waals surface area contributed by atoms with Gasteiger partial charge in [-0.2, -0.15) is 0 Å². The number of hydrazine groups is 1. The first-order valence-electron chi connectivity index (χ1n) is 6.00. The van der Waals surface area contributed by atoms with Gasteiger partial charge in [0, 0.05) is 24.5 Å². The highest BCUT2D eigenvalue weighted by atomic mass is 15.2. The van der Waals surface area contributed by atoms with E-state index >= 15 is 0 Å². The standard InChI is InChI=1S/C14H18N4/c1-11-4-2-3-5-12(11)6-8-16-13-7-9-17-14(10-13)18-15/h2-5,7,9-10H,6,8,15H2,1H3,(H2,16,17,18). The molecule has 0 unspecified atom stereocenters. The highest BCUT2D eigenvalue weighted by Gasteiger charge is 1.98. The van der Waals surface area contributed by atoms with Gasteiger partial charge >= 0.3 is 0 Å². The second-order valence-electron chi connectivity index (χ2n) is 4.18. The van der Waals surface area contributed by atoms with Crippen molar-refractivity contribution in [3.63, 3.8) is 0 Å². The van der Waals surface area contributed by atoms with Crippen LogP contribution in [-0.2, 0) is 6.42 Å². The van der Waals surface area contributed by atoms with Gasteiger partial charge in [-0.3, -0.25) is 0 Å². The lowest BCUT2D eigenvalue weighted by atomic mass is 10.1. The van der Waals surface area contributed by atoms with Gasteiger partial charge in [-0.1, -0.05) is 24.3 Å². The van der Waals surface area contributed by atoms with Crippen molar-refractivity contribution in [2.24, 2.45) is 5.84 Å². The lowest BCUT2D eigenvalue weighted by Gasteiger charge is -2.09. The average molecular weight is 242 g/mol. The summed E-state index contributed by atoms with van der Waals surface area (Å²) in [5.41, 5.74) is 6.26. The van der Waals surface area contributed by atoms with Gasteiger partial charge in [-0.05, 0) is 30.5 Å². The third kappa shape index (κ3) is 3.21. The monoisotopic (exact) mass is 242 g/mol. The molecule has 1 aromatic carbocycles. The molecule has 4 N–H and O–H groups in total. The molecule has 2 aromatic rings. The molecule has 2 rings (SSSR count). The maximum Gasteiger partial charge on any atom is 0.141 e. The Labute approximate surface area is 107 Å². The topological polar surface area (TPSA) is 63.0 Å². The van der Waals surface area contributed by atoms with E-state index in [1.807, 2.05) is 12.1 Å². The largest absolute Gasteiger partial charge is 0.385 e. The summed E-state index contributed by atoms with van der Waals surface area (Å²) in [6.07, 6.45) is 2.73. The van der Waals surface area contributed by atoms with Gasteiger partial charge in [0.15, 0.2) is 0 Å². The molecular formula is C14H18N4. The highest BCUT2D eigenvalue weighted by Crippen LogP contribution is 2.12. The number of pyridine rings is 1. The molecule has 94 valence electrons. The van der Waals surface area contributed by atoms with Gasteiger partial charge in [-0.15, -0.1) is 0 Å². The average Bonchev–Trinajstić information content (AvgIpc) is 2.41. The fourth-order valence-electron chi connectivity index (χ4n) is 1.85. The number of hydrogen-bond donors (Lipinski definition) is 3. The minimum absolute atomic E-state index is 0.663. The third-order valence-corrected chi connectivity index (χ3v) is 2.89. The van der Waals surface area contributed by atoms with E-state index in [0.717, 1.165) is 18.7 Å². The van der Waals surface area contributed by atoms with Crippen LogP contribution in [0.15, 0.2) is 42.6 Å². The van der Waals surface area contributed by atoms with E-state index in [2.05, 4.69) is 46.9 Å². The zero-order valence-electron chi connectivity index (χ0n) is 10.5. The molecule has 0 aliphatic heterocycles. The quantitative estimate of drug-likeness (QED) is 0.556. The summed E-state index contributed by atoms with van der Waals surface area (Å²) in [6, 6.07) is 12.3. The van der Waals surface area contributed by atoms with Crippen molar-refractivity contribution in [1.82, 2.24) is 4.98 Å². The molecule has 0 saturated heterocycles. The Bertz CT molecular complexity index is 511. The summed E-state index contributed by atoms with van der Waals surface area (Å²) in [6.45, 7) is 3.02. The lowest BCUT2D eigenvalue weighted by Crippen LogP contribution is -2.10. The molecule has 0 radical (unpaired) electrons. The molecule has 1 aromatic heterocycles. The first kappa shape index (κ1) is 12.4. The van der Waals surface area contributed by atoms with Crippen molar-refractivity contribution in [2.45, 2.75) is 13.3 Å². The zero-order chi connectivity index (χ0) is 12.8. The van der Waals surface area contributed by atoms with E-state index in [1.165, 1.54) is 11.1 Å². The van der Waals surface area contributed by atoms with Crippen LogP contribution in [0.1, 0.15) is 11.1 Å². The summed E-state index contributed by atoms with van der Waals surface area (Å²) >= 11 is 0. The predicted octanol–water partition coefficient (Wildman–Crippen LogP) is 2.33. The van der Waals surface area contributed by atoms with Crippen molar-refractivity contribution in [2.75, 3.05) is 17.3 Å². The fraction of sp³-hybridized carbons (Fsp3) is 0.214. The summed E-state index contributed by atoms with van der Waals surface area (Å²) in [7, 11) is 0. The van der Waals surface area contributed by atoms with Crippen molar-refractivity contribution >= 4 is 11.5 Å². The smallest absolute Gasteiger partial charge is 0.141 e. The molecule has 0 amide bonds. The summed E-state index contributed by atoms with van der Waals surface area (Å²) in [5, 5.41) is 3.36. The van der Waals surface area contributed by atoms with Crippen LogP contribution in [0, 0.1) is 6.92 Å². The Morgan fingerprint density at radius 3 is 2.83 bits per heavy atom. The van der Waals surface area contributed by atoms with E-state index in [-0.39, 0.29) is 0 Å². The van der Waals surface area contributed by atoms with Crippen LogP contribution in [0.2, 0.25) is 0 Å². The number of hydrogen-bond acceptors (Lipinski definition) is 4.